The molecule has 0 saturated heterocycles. The highest BCUT2D eigenvalue weighted by atomic mass is 32.2. The third kappa shape index (κ3) is 6.50. The van der Waals surface area contributed by atoms with Gasteiger partial charge < -0.3 is 9.64 Å². The number of ether oxygens (including phenoxy) is 1. The predicted octanol–water partition coefficient (Wildman–Crippen LogP) is 3.95. The van der Waals surface area contributed by atoms with E-state index >= 15 is 0 Å². The maximum atomic E-state index is 12.9. The lowest BCUT2D eigenvalue weighted by atomic mass is 10.1. The number of alkyl halides is 2. The largest absolute Gasteiger partial charge is 0.435 e. The number of hydrogen-bond donors (Lipinski definition) is 1. The van der Waals surface area contributed by atoms with Gasteiger partial charge >= 0.3 is 6.61 Å². The standard InChI is InChI=1S/C21H26F2N2O4S/c1-14-6-11-17(30(27,28)24-21(2,3)4)12-18(14)19(26)25(5)13-15-7-9-16(10-8-15)29-20(22)23/h6-12,20,24H,13H2,1-5H3. The Morgan fingerprint density at radius 1 is 1.13 bits per heavy atom. The number of carbonyl (C=O) groups is 1. The lowest BCUT2D eigenvalue weighted by molar-refractivity contribution is -0.0498. The molecule has 0 spiro atoms. The van der Waals surface area contributed by atoms with Gasteiger partial charge in [-0.3, -0.25) is 4.79 Å². The van der Waals surface area contributed by atoms with Crippen LogP contribution >= 0.6 is 0 Å². The van der Waals surface area contributed by atoms with Gasteiger partial charge in [-0.2, -0.15) is 8.78 Å². The zero-order valence-corrected chi connectivity index (χ0v) is 18.4. The summed E-state index contributed by atoms with van der Waals surface area (Å²) in [5.41, 5.74) is 0.961. The summed E-state index contributed by atoms with van der Waals surface area (Å²) >= 11 is 0. The van der Waals surface area contributed by atoms with Gasteiger partial charge in [-0.1, -0.05) is 18.2 Å². The van der Waals surface area contributed by atoms with Crippen molar-refractivity contribution < 1.29 is 26.7 Å². The predicted molar refractivity (Wildman–Crippen MR) is 110 cm³/mol. The van der Waals surface area contributed by atoms with Crippen molar-refractivity contribution in [2.24, 2.45) is 0 Å². The quantitative estimate of drug-likeness (QED) is 0.708. The second kappa shape index (κ2) is 9.09. The van der Waals surface area contributed by atoms with Crippen molar-refractivity contribution in [3.63, 3.8) is 0 Å². The minimum Gasteiger partial charge on any atom is -0.435 e. The lowest BCUT2D eigenvalue weighted by Crippen LogP contribution is -2.40. The number of aryl methyl sites for hydroxylation is 1. The molecule has 164 valence electrons. The van der Waals surface area contributed by atoms with E-state index in [9.17, 15) is 22.0 Å². The number of amides is 1. The fraction of sp³-hybridized carbons (Fsp3) is 0.381. The van der Waals surface area contributed by atoms with Gasteiger partial charge in [-0.15, -0.1) is 0 Å². The SMILES string of the molecule is Cc1ccc(S(=O)(=O)NC(C)(C)C)cc1C(=O)N(C)Cc1ccc(OC(F)F)cc1. The van der Waals surface area contributed by atoms with Crippen molar-refractivity contribution in [2.75, 3.05) is 7.05 Å². The number of hydrogen-bond acceptors (Lipinski definition) is 4. The first-order chi connectivity index (χ1) is 13.8. The molecule has 1 amide bonds. The van der Waals surface area contributed by atoms with Gasteiger partial charge in [0.2, 0.25) is 10.0 Å². The van der Waals surface area contributed by atoms with Gasteiger partial charge in [0.25, 0.3) is 5.91 Å². The number of carbonyl (C=O) groups excluding carboxylic acids is 1. The fourth-order valence-electron chi connectivity index (χ4n) is 2.79. The Labute approximate surface area is 175 Å². The number of sulfonamides is 1. The molecule has 0 aromatic heterocycles. The van der Waals surface area contributed by atoms with Gasteiger partial charge in [0.15, 0.2) is 0 Å². The molecule has 0 aliphatic carbocycles. The molecule has 0 aliphatic rings. The van der Waals surface area contributed by atoms with E-state index in [1.54, 1.807) is 52.9 Å². The van der Waals surface area contributed by atoms with Crippen LogP contribution in [-0.4, -0.2) is 38.4 Å². The van der Waals surface area contributed by atoms with Crippen LogP contribution in [0.5, 0.6) is 5.75 Å². The molecule has 0 radical (unpaired) electrons. The van der Waals surface area contributed by atoms with Crippen LogP contribution < -0.4 is 9.46 Å². The Morgan fingerprint density at radius 2 is 1.73 bits per heavy atom. The molecule has 2 rings (SSSR count). The van der Waals surface area contributed by atoms with E-state index in [-0.39, 0.29) is 28.7 Å². The number of nitrogens with one attached hydrogen (secondary N) is 1. The Balaban J connectivity index is 2.21. The van der Waals surface area contributed by atoms with Crippen LogP contribution in [0.2, 0.25) is 0 Å². The van der Waals surface area contributed by atoms with Crippen LogP contribution in [0.1, 0.15) is 42.3 Å². The summed E-state index contributed by atoms with van der Waals surface area (Å²) in [5.74, 6) is -0.323. The molecule has 9 heteroatoms. The van der Waals surface area contributed by atoms with Crippen molar-refractivity contribution in [3.05, 3.63) is 59.2 Å². The topological polar surface area (TPSA) is 75.7 Å². The molecule has 0 atom stereocenters. The molecular weight excluding hydrogens is 414 g/mol. The highest BCUT2D eigenvalue weighted by Gasteiger charge is 2.24. The first-order valence-corrected chi connectivity index (χ1v) is 10.7. The Bertz CT molecular complexity index is 1000. The first kappa shape index (κ1) is 23.8. The van der Waals surface area contributed by atoms with Gasteiger partial charge in [-0.05, 0) is 63.1 Å². The van der Waals surface area contributed by atoms with Crippen LogP contribution in [0.15, 0.2) is 47.4 Å². The highest BCUT2D eigenvalue weighted by Crippen LogP contribution is 2.20. The van der Waals surface area contributed by atoms with E-state index in [1.165, 1.54) is 29.2 Å². The van der Waals surface area contributed by atoms with E-state index < -0.39 is 22.2 Å². The Hall–Kier alpha value is -2.52. The van der Waals surface area contributed by atoms with Crippen LogP contribution in [-0.2, 0) is 16.6 Å². The maximum absolute atomic E-state index is 12.9. The molecular formula is C21H26F2N2O4S. The van der Waals surface area contributed by atoms with Crippen molar-refractivity contribution in [2.45, 2.75) is 51.3 Å². The molecule has 6 nitrogen and oxygen atoms in total. The summed E-state index contributed by atoms with van der Waals surface area (Å²) < 4.78 is 56.6. The maximum Gasteiger partial charge on any atom is 0.387 e. The molecule has 0 bridgehead atoms. The number of benzene rings is 2. The van der Waals surface area contributed by atoms with Crippen LogP contribution in [0.25, 0.3) is 0 Å². The average molecular weight is 441 g/mol. The molecule has 2 aromatic carbocycles. The highest BCUT2D eigenvalue weighted by molar-refractivity contribution is 7.89. The number of nitrogens with zero attached hydrogens (tertiary/aromatic N) is 1. The van der Waals surface area contributed by atoms with Crippen molar-refractivity contribution in [3.8, 4) is 5.75 Å². The molecule has 0 saturated carbocycles. The van der Waals surface area contributed by atoms with Crippen molar-refractivity contribution in [1.82, 2.24) is 9.62 Å². The van der Waals surface area contributed by atoms with Gasteiger partial charge in [0.05, 0.1) is 4.90 Å². The van der Waals surface area contributed by atoms with E-state index in [0.29, 0.717) is 11.1 Å². The molecule has 0 heterocycles. The normalized spacial score (nSPS) is 12.1. The summed E-state index contributed by atoms with van der Waals surface area (Å²) in [5, 5.41) is 0. The monoisotopic (exact) mass is 440 g/mol. The second-order valence-electron chi connectivity index (χ2n) is 8.02. The zero-order valence-electron chi connectivity index (χ0n) is 17.6. The minimum absolute atomic E-state index is 0.00766. The van der Waals surface area contributed by atoms with Crippen molar-refractivity contribution in [1.29, 1.82) is 0 Å². The molecule has 0 aliphatic heterocycles. The summed E-state index contributed by atoms with van der Waals surface area (Å²) in [7, 11) is -2.20. The summed E-state index contributed by atoms with van der Waals surface area (Å²) in [6.07, 6.45) is 0. The van der Waals surface area contributed by atoms with Crippen molar-refractivity contribution >= 4 is 15.9 Å². The van der Waals surface area contributed by atoms with Gasteiger partial charge in [0, 0.05) is 24.7 Å². The minimum atomic E-state index is -3.79. The molecule has 0 unspecified atom stereocenters. The number of halogens is 2. The molecule has 2 aromatic rings. The molecule has 0 fully saturated rings. The van der Waals surface area contributed by atoms with Gasteiger partial charge in [-0.25, -0.2) is 13.1 Å². The van der Waals surface area contributed by atoms with Crippen LogP contribution in [0.3, 0.4) is 0 Å². The smallest absolute Gasteiger partial charge is 0.387 e. The van der Waals surface area contributed by atoms with Crippen LogP contribution in [0.4, 0.5) is 8.78 Å². The van der Waals surface area contributed by atoms with Crippen LogP contribution in [0, 0.1) is 6.92 Å². The average Bonchev–Trinajstić information content (AvgIpc) is 2.60. The third-order valence-electron chi connectivity index (χ3n) is 4.11. The van der Waals surface area contributed by atoms with E-state index in [0.717, 1.165) is 0 Å². The zero-order chi connectivity index (χ0) is 22.7. The van der Waals surface area contributed by atoms with E-state index in [1.807, 2.05) is 0 Å². The Kier molecular flexibility index (Phi) is 7.20. The molecule has 1 N–H and O–H groups in total. The van der Waals surface area contributed by atoms with E-state index in [4.69, 9.17) is 0 Å². The van der Waals surface area contributed by atoms with E-state index in [2.05, 4.69) is 9.46 Å². The summed E-state index contributed by atoms with van der Waals surface area (Å²) in [4.78, 5) is 14.4. The Morgan fingerprint density at radius 3 is 2.27 bits per heavy atom. The third-order valence-corrected chi connectivity index (χ3v) is 5.86. The molecule has 30 heavy (non-hydrogen) atoms. The van der Waals surface area contributed by atoms with Gasteiger partial charge in [0.1, 0.15) is 5.75 Å². The second-order valence-corrected chi connectivity index (χ2v) is 9.70. The number of rotatable bonds is 7. The lowest BCUT2D eigenvalue weighted by Gasteiger charge is -2.22. The summed E-state index contributed by atoms with van der Waals surface area (Å²) in [6, 6.07) is 10.4. The summed E-state index contributed by atoms with van der Waals surface area (Å²) in [6.45, 7) is 4.23. The first-order valence-electron chi connectivity index (χ1n) is 9.22. The fourth-order valence-corrected chi connectivity index (χ4v) is 4.23.